The number of carbonyl (C=O) groups is 1. The third kappa shape index (κ3) is 3.51. The maximum absolute atomic E-state index is 12.1. The van der Waals surface area contributed by atoms with Gasteiger partial charge in [-0.05, 0) is 18.4 Å². The minimum absolute atomic E-state index is 0.0618. The van der Waals surface area contributed by atoms with Crippen molar-refractivity contribution in [3.63, 3.8) is 0 Å². The summed E-state index contributed by atoms with van der Waals surface area (Å²) in [6.45, 7) is 0.176. The highest BCUT2D eigenvalue weighted by Gasteiger charge is 2.32. The lowest BCUT2D eigenvalue weighted by molar-refractivity contribution is 0.0602. The highest BCUT2D eigenvalue weighted by atomic mass is 32.2. The van der Waals surface area contributed by atoms with Gasteiger partial charge < -0.3 is 14.9 Å². The van der Waals surface area contributed by atoms with Gasteiger partial charge in [0.1, 0.15) is 9.77 Å². The van der Waals surface area contributed by atoms with Gasteiger partial charge in [0, 0.05) is 0 Å². The molecule has 0 saturated carbocycles. The lowest BCUT2D eigenvalue weighted by atomic mass is 10.1. The maximum Gasteiger partial charge on any atom is 0.349 e. The van der Waals surface area contributed by atoms with E-state index in [1.165, 1.54) is 18.4 Å². The molecule has 3 N–H and O–H groups in total. The number of ether oxygens (including phenoxy) is 1. The molecule has 0 bridgehead atoms. The Morgan fingerprint density at radius 1 is 1.47 bits per heavy atom. The van der Waals surface area contributed by atoms with Gasteiger partial charge in [-0.1, -0.05) is 0 Å². The molecular formula is C10H15NO6S2. The van der Waals surface area contributed by atoms with Crippen molar-refractivity contribution in [3.8, 4) is 0 Å². The van der Waals surface area contributed by atoms with Crippen molar-refractivity contribution in [1.82, 2.24) is 4.72 Å². The predicted molar refractivity (Wildman–Crippen MR) is 68.6 cm³/mol. The summed E-state index contributed by atoms with van der Waals surface area (Å²) in [5.74, 6) is -0.759. The SMILES string of the molecule is COC(=O)c1sccc1S(=O)(=O)NC(C)(CO)CO. The maximum atomic E-state index is 12.1. The average Bonchev–Trinajstić information content (AvgIpc) is 2.87. The van der Waals surface area contributed by atoms with Crippen molar-refractivity contribution < 1.29 is 28.2 Å². The monoisotopic (exact) mass is 309 g/mol. The predicted octanol–water partition coefficient (Wildman–Crippen LogP) is -0.444. The van der Waals surface area contributed by atoms with Crippen LogP contribution in [0.5, 0.6) is 0 Å². The van der Waals surface area contributed by atoms with Crippen molar-refractivity contribution in [3.05, 3.63) is 16.3 Å². The molecular weight excluding hydrogens is 294 g/mol. The molecule has 0 atom stereocenters. The number of nitrogens with one attached hydrogen (secondary N) is 1. The molecule has 0 amide bonds. The Morgan fingerprint density at radius 3 is 2.53 bits per heavy atom. The van der Waals surface area contributed by atoms with E-state index in [1.807, 2.05) is 0 Å². The number of rotatable bonds is 6. The highest BCUT2D eigenvalue weighted by Crippen LogP contribution is 2.23. The van der Waals surface area contributed by atoms with E-state index in [4.69, 9.17) is 10.2 Å². The summed E-state index contributed by atoms with van der Waals surface area (Å²) in [5.41, 5.74) is -1.41. The molecule has 0 aliphatic rings. The van der Waals surface area contributed by atoms with Gasteiger partial charge in [-0.3, -0.25) is 0 Å². The standard InChI is InChI=1S/C10H15NO6S2/c1-10(5-12,6-13)11-19(15,16)7-3-4-18-8(7)9(14)17-2/h3-4,11-13H,5-6H2,1-2H3. The second kappa shape index (κ2) is 5.97. The number of esters is 1. The van der Waals surface area contributed by atoms with Crippen molar-refractivity contribution in [2.45, 2.75) is 17.4 Å². The van der Waals surface area contributed by atoms with Gasteiger partial charge >= 0.3 is 5.97 Å². The molecule has 0 radical (unpaired) electrons. The molecule has 0 aliphatic carbocycles. The molecule has 0 unspecified atom stereocenters. The summed E-state index contributed by atoms with van der Waals surface area (Å²) in [6.07, 6.45) is 0. The Hall–Kier alpha value is -1.00. The van der Waals surface area contributed by atoms with Gasteiger partial charge in [0.25, 0.3) is 0 Å². The fourth-order valence-electron chi connectivity index (χ4n) is 1.24. The normalized spacial score (nSPS) is 12.4. The second-order valence-corrected chi connectivity index (χ2v) is 6.65. The van der Waals surface area contributed by atoms with Gasteiger partial charge in [-0.2, -0.15) is 0 Å². The summed E-state index contributed by atoms with van der Waals surface area (Å²) >= 11 is 0.932. The Bertz CT molecular complexity index is 546. The van der Waals surface area contributed by atoms with Crippen LogP contribution in [0.3, 0.4) is 0 Å². The summed E-state index contributed by atoms with van der Waals surface area (Å²) < 4.78 is 30.9. The number of hydrogen-bond donors (Lipinski definition) is 3. The van der Waals surface area contributed by atoms with E-state index in [2.05, 4.69) is 9.46 Å². The van der Waals surface area contributed by atoms with E-state index in [1.54, 1.807) is 0 Å². The molecule has 1 aromatic rings. The van der Waals surface area contributed by atoms with E-state index in [0.29, 0.717) is 0 Å². The number of carbonyl (C=O) groups excluding carboxylic acids is 1. The van der Waals surface area contributed by atoms with Crippen LogP contribution in [0.15, 0.2) is 16.3 Å². The number of sulfonamides is 1. The van der Waals surface area contributed by atoms with E-state index in [0.717, 1.165) is 18.4 Å². The lowest BCUT2D eigenvalue weighted by Crippen LogP contribution is -2.51. The van der Waals surface area contributed by atoms with Gasteiger partial charge in [0.05, 0.1) is 25.9 Å². The molecule has 0 saturated heterocycles. The third-order valence-corrected chi connectivity index (χ3v) is 5.07. The topological polar surface area (TPSA) is 113 Å². The first-order chi connectivity index (χ1) is 8.79. The summed E-state index contributed by atoms with van der Waals surface area (Å²) in [7, 11) is -2.89. The van der Waals surface area contributed by atoms with Crippen molar-refractivity contribution in [2.75, 3.05) is 20.3 Å². The fraction of sp³-hybridized carbons (Fsp3) is 0.500. The number of methoxy groups -OCH3 is 1. The Balaban J connectivity index is 3.15. The number of aliphatic hydroxyl groups is 2. The number of aliphatic hydroxyl groups excluding tert-OH is 2. The van der Waals surface area contributed by atoms with E-state index in [-0.39, 0.29) is 9.77 Å². The zero-order valence-corrected chi connectivity index (χ0v) is 12.0. The van der Waals surface area contributed by atoms with E-state index in [9.17, 15) is 13.2 Å². The first-order valence-electron chi connectivity index (χ1n) is 5.21. The molecule has 1 aromatic heterocycles. The lowest BCUT2D eigenvalue weighted by Gasteiger charge is -2.25. The minimum atomic E-state index is -4.04. The molecule has 7 nitrogen and oxygen atoms in total. The molecule has 0 aromatic carbocycles. The fourth-order valence-corrected chi connectivity index (χ4v) is 3.97. The van der Waals surface area contributed by atoms with Gasteiger partial charge in [-0.25, -0.2) is 17.9 Å². The first kappa shape index (κ1) is 16.1. The van der Waals surface area contributed by atoms with Crippen molar-refractivity contribution in [2.24, 2.45) is 0 Å². The molecule has 1 heterocycles. The first-order valence-corrected chi connectivity index (χ1v) is 7.57. The van der Waals surface area contributed by atoms with Crippen LogP contribution in [-0.4, -0.2) is 50.5 Å². The summed E-state index contributed by atoms with van der Waals surface area (Å²) in [5, 5.41) is 19.6. The molecule has 19 heavy (non-hydrogen) atoms. The smallest absolute Gasteiger partial charge is 0.349 e. The summed E-state index contributed by atoms with van der Waals surface area (Å²) in [6, 6.07) is 1.26. The quantitative estimate of drug-likeness (QED) is 0.614. The molecule has 0 spiro atoms. The van der Waals surface area contributed by atoms with Crippen molar-refractivity contribution >= 4 is 27.3 Å². The van der Waals surface area contributed by atoms with Crippen LogP contribution in [0.4, 0.5) is 0 Å². The Labute approximate surface area is 114 Å². The van der Waals surface area contributed by atoms with Crippen LogP contribution in [-0.2, 0) is 14.8 Å². The van der Waals surface area contributed by atoms with Crippen molar-refractivity contribution in [1.29, 1.82) is 0 Å². The zero-order valence-electron chi connectivity index (χ0n) is 10.4. The van der Waals surface area contributed by atoms with Crippen LogP contribution >= 0.6 is 11.3 Å². The van der Waals surface area contributed by atoms with Gasteiger partial charge in [0.15, 0.2) is 0 Å². The van der Waals surface area contributed by atoms with Gasteiger partial charge in [-0.15, -0.1) is 11.3 Å². The largest absolute Gasteiger partial charge is 0.465 e. The van der Waals surface area contributed by atoms with E-state index >= 15 is 0 Å². The molecule has 0 aliphatic heterocycles. The minimum Gasteiger partial charge on any atom is -0.465 e. The molecule has 0 fully saturated rings. The summed E-state index contributed by atoms with van der Waals surface area (Å²) in [4.78, 5) is 11.1. The van der Waals surface area contributed by atoms with Crippen LogP contribution in [0, 0.1) is 0 Å². The van der Waals surface area contributed by atoms with Gasteiger partial charge in [0.2, 0.25) is 10.0 Å². The number of thiophene rings is 1. The molecule has 108 valence electrons. The van der Waals surface area contributed by atoms with Crippen LogP contribution in [0.2, 0.25) is 0 Å². The zero-order chi connectivity index (χ0) is 14.7. The van der Waals surface area contributed by atoms with E-state index < -0.39 is 34.7 Å². The van der Waals surface area contributed by atoms with Crippen LogP contribution in [0.25, 0.3) is 0 Å². The molecule has 1 rings (SSSR count). The molecule has 9 heteroatoms. The van der Waals surface area contributed by atoms with Crippen LogP contribution < -0.4 is 4.72 Å². The Morgan fingerprint density at radius 2 is 2.05 bits per heavy atom. The van der Waals surface area contributed by atoms with Crippen LogP contribution in [0.1, 0.15) is 16.6 Å². The number of hydrogen-bond acceptors (Lipinski definition) is 7. The second-order valence-electron chi connectivity index (χ2n) is 4.09. The average molecular weight is 309 g/mol. The highest BCUT2D eigenvalue weighted by molar-refractivity contribution is 7.89. The Kier molecular flexibility index (Phi) is 5.04. The third-order valence-electron chi connectivity index (χ3n) is 2.37.